The van der Waals surface area contributed by atoms with Crippen LogP contribution in [0.25, 0.3) is 27.0 Å². The Bertz CT molecular complexity index is 1680. The van der Waals surface area contributed by atoms with Crippen molar-refractivity contribution in [1.82, 2.24) is 20.2 Å². The Morgan fingerprint density at radius 1 is 0.956 bits per heavy atom. The molecule has 1 saturated heterocycles. The van der Waals surface area contributed by atoms with Gasteiger partial charge in [0.2, 0.25) is 0 Å². The fourth-order valence-electron chi connectivity index (χ4n) is 5.78. The van der Waals surface area contributed by atoms with Crippen LogP contribution >= 0.6 is 0 Å². The molecule has 45 heavy (non-hydrogen) atoms. The molecule has 0 aliphatic carbocycles. The third-order valence-corrected chi connectivity index (χ3v) is 7.95. The Kier molecular flexibility index (Phi) is 10.0. The first-order valence-corrected chi connectivity index (χ1v) is 15.6. The van der Waals surface area contributed by atoms with Crippen LogP contribution in [0, 0.1) is 6.57 Å². The number of fused-ring (bicyclic) bond motifs is 2. The van der Waals surface area contributed by atoms with Gasteiger partial charge in [-0.05, 0) is 76.9 Å². The van der Waals surface area contributed by atoms with Crippen LogP contribution in [0.1, 0.15) is 57.9 Å². The van der Waals surface area contributed by atoms with Crippen LogP contribution in [-0.4, -0.2) is 56.3 Å². The fourth-order valence-corrected chi connectivity index (χ4v) is 5.78. The monoisotopic (exact) mass is 608 g/mol. The number of oxazole rings is 2. The largest absolute Gasteiger partial charge is 0.441 e. The molecule has 3 heterocycles. The summed E-state index contributed by atoms with van der Waals surface area (Å²) in [6.45, 7) is 17.6. The summed E-state index contributed by atoms with van der Waals surface area (Å²) in [6.07, 6.45) is 2.90. The Morgan fingerprint density at radius 2 is 1.58 bits per heavy atom. The molecule has 0 spiro atoms. The van der Waals surface area contributed by atoms with Crippen molar-refractivity contribution < 1.29 is 13.9 Å². The molecule has 4 N–H and O–H groups in total. The molecule has 5 aromatic rings. The van der Waals surface area contributed by atoms with Crippen LogP contribution in [0.3, 0.4) is 0 Å². The first-order chi connectivity index (χ1) is 21.5. The number of nitrogens with zero attached hydrogens (tertiary/aromatic N) is 4. The number of para-hydroxylation sites is 4. The molecule has 0 bridgehead atoms. The van der Waals surface area contributed by atoms with Crippen molar-refractivity contribution in [1.29, 1.82) is 0 Å². The first kappa shape index (κ1) is 32.3. The molecule has 236 valence electrons. The number of hydrogen-bond acceptors (Lipinski definition) is 8. The molecular formula is C36H44N6O3. The summed E-state index contributed by atoms with van der Waals surface area (Å²) in [5, 5.41) is 14.5. The van der Waals surface area contributed by atoms with Crippen molar-refractivity contribution in [2.75, 3.05) is 13.1 Å². The summed E-state index contributed by atoms with van der Waals surface area (Å²) in [6, 6.07) is 23.4. The maximum Gasteiger partial charge on any atom is 0.197 e. The minimum Gasteiger partial charge on any atom is -0.441 e. The summed E-state index contributed by atoms with van der Waals surface area (Å²) >= 11 is 0. The van der Waals surface area contributed by atoms with Crippen molar-refractivity contribution in [2.24, 2.45) is 5.73 Å². The smallest absolute Gasteiger partial charge is 0.197 e. The predicted octanol–water partition coefficient (Wildman–Crippen LogP) is 6.42. The molecule has 6 rings (SSSR count). The van der Waals surface area contributed by atoms with E-state index in [-0.39, 0.29) is 17.1 Å². The van der Waals surface area contributed by atoms with Crippen LogP contribution < -0.4 is 11.1 Å². The molecule has 9 nitrogen and oxygen atoms in total. The van der Waals surface area contributed by atoms with Gasteiger partial charge in [-0.25, -0.2) is 14.8 Å². The average molecular weight is 609 g/mol. The molecule has 0 amide bonds. The summed E-state index contributed by atoms with van der Waals surface area (Å²) < 4.78 is 11.4. The summed E-state index contributed by atoms with van der Waals surface area (Å²) in [5.41, 5.74) is 10.5. The van der Waals surface area contributed by atoms with Gasteiger partial charge in [-0.3, -0.25) is 4.90 Å². The van der Waals surface area contributed by atoms with Gasteiger partial charge in [0.15, 0.2) is 28.6 Å². The van der Waals surface area contributed by atoms with Gasteiger partial charge in [0.25, 0.3) is 0 Å². The number of nitrogens with two attached hydrogens (primary N) is 1. The lowest BCUT2D eigenvalue weighted by molar-refractivity contribution is 0.0630. The van der Waals surface area contributed by atoms with Crippen molar-refractivity contribution in [3.05, 3.63) is 102 Å². The molecule has 2 atom stereocenters. The topological polar surface area (TPSA) is 118 Å². The lowest BCUT2D eigenvalue weighted by atomic mass is 9.99. The number of likely N-dealkylation sites (tertiary alicyclic amines) is 1. The molecule has 1 aliphatic rings. The maximum absolute atomic E-state index is 11.0. The molecule has 0 radical (unpaired) electrons. The second-order valence-corrected chi connectivity index (χ2v) is 13.3. The van der Waals surface area contributed by atoms with E-state index in [0.717, 1.165) is 53.7 Å². The number of aliphatic hydroxyl groups excluding tert-OH is 1. The second-order valence-electron chi connectivity index (χ2n) is 13.3. The van der Waals surface area contributed by atoms with E-state index in [0.29, 0.717) is 36.9 Å². The SMILES string of the molecule is CC(C)(N)Cc1nc2ccccc2o1.[C-]#[N+]c1cccc(CN2CCC[C@@H]2[C@H](O)CNC(C)(C)Cc2nc3ccccc3o2)c1. The molecule has 1 aliphatic heterocycles. The predicted molar refractivity (Wildman–Crippen MR) is 178 cm³/mol. The van der Waals surface area contributed by atoms with Crippen molar-refractivity contribution in [2.45, 2.75) is 83.1 Å². The quantitative estimate of drug-likeness (QED) is 0.156. The number of nitrogens with one attached hydrogen (secondary N) is 1. The molecule has 0 saturated carbocycles. The Labute approximate surface area is 265 Å². The van der Waals surface area contributed by atoms with Gasteiger partial charge in [-0.1, -0.05) is 48.5 Å². The van der Waals surface area contributed by atoms with Gasteiger partial charge >= 0.3 is 0 Å². The van der Waals surface area contributed by atoms with E-state index < -0.39 is 6.10 Å². The van der Waals surface area contributed by atoms with E-state index in [9.17, 15) is 5.11 Å². The van der Waals surface area contributed by atoms with Crippen LogP contribution in [-0.2, 0) is 19.4 Å². The van der Waals surface area contributed by atoms with Gasteiger partial charge in [0, 0.05) is 43.1 Å². The molecule has 1 fully saturated rings. The zero-order chi connectivity index (χ0) is 32.0. The standard InChI is InChI=1S/C25H30N4O2.C11H14N2O/c1-25(2,15-24-28-20-10-4-5-12-23(20)31-24)27-16-22(30)21-11-7-13-29(21)17-18-8-6-9-19(14-18)26-3;1-11(2,12)7-10-13-8-5-3-4-6-9(8)14-10/h4-6,8-10,12,14,21-22,27,30H,7,11,13,15-17H2,1-2H3;3-6H,7,12H2,1-2H3/t21-,22-;/m1./s1. The summed E-state index contributed by atoms with van der Waals surface area (Å²) in [7, 11) is 0. The number of hydrogen-bond donors (Lipinski definition) is 3. The summed E-state index contributed by atoms with van der Waals surface area (Å²) in [4.78, 5) is 14.8. The summed E-state index contributed by atoms with van der Waals surface area (Å²) in [5.74, 6) is 1.41. The first-order valence-electron chi connectivity index (χ1n) is 15.6. The van der Waals surface area contributed by atoms with Gasteiger partial charge in [-0.15, -0.1) is 0 Å². The van der Waals surface area contributed by atoms with E-state index in [4.69, 9.17) is 21.1 Å². The van der Waals surface area contributed by atoms with Gasteiger partial charge < -0.3 is 25.0 Å². The third-order valence-electron chi connectivity index (χ3n) is 7.95. The van der Waals surface area contributed by atoms with Crippen LogP contribution in [0.2, 0.25) is 0 Å². The number of aliphatic hydroxyl groups is 1. The molecule has 0 unspecified atom stereocenters. The highest BCUT2D eigenvalue weighted by molar-refractivity contribution is 5.72. The van der Waals surface area contributed by atoms with E-state index in [1.54, 1.807) is 0 Å². The molecular weight excluding hydrogens is 564 g/mol. The Morgan fingerprint density at radius 3 is 2.18 bits per heavy atom. The van der Waals surface area contributed by atoms with E-state index in [2.05, 4.69) is 44.9 Å². The Balaban J connectivity index is 0.000000238. The lowest BCUT2D eigenvalue weighted by Gasteiger charge is -2.32. The van der Waals surface area contributed by atoms with E-state index >= 15 is 0 Å². The van der Waals surface area contributed by atoms with Crippen LogP contribution in [0.5, 0.6) is 0 Å². The van der Waals surface area contributed by atoms with E-state index in [1.165, 1.54) is 0 Å². The van der Waals surface area contributed by atoms with E-state index in [1.807, 2.05) is 80.6 Å². The lowest BCUT2D eigenvalue weighted by Crippen LogP contribution is -2.50. The normalized spacial score (nSPS) is 16.4. The fraction of sp³-hybridized carbons (Fsp3) is 0.417. The van der Waals surface area contributed by atoms with Crippen LogP contribution in [0.4, 0.5) is 5.69 Å². The average Bonchev–Trinajstić information content (AvgIpc) is 3.73. The highest BCUT2D eigenvalue weighted by atomic mass is 16.4. The third kappa shape index (κ3) is 8.99. The molecule has 2 aromatic heterocycles. The highest BCUT2D eigenvalue weighted by Gasteiger charge is 2.32. The van der Waals surface area contributed by atoms with Crippen molar-refractivity contribution >= 4 is 27.9 Å². The second kappa shape index (κ2) is 13.9. The highest BCUT2D eigenvalue weighted by Crippen LogP contribution is 2.25. The maximum atomic E-state index is 11.0. The minimum atomic E-state index is -0.463. The minimum absolute atomic E-state index is 0.115. The zero-order valence-electron chi connectivity index (χ0n) is 26.7. The number of β-amino-alcohol motifs (C(OH)–C–C–N with tert-alkyl or cyclic N) is 1. The van der Waals surface area contributed by atoms with Gasteiger partial charge in [-0.2, -0.15) is 0 Å². The number of aromatic nitrogens is 2. The number of benzene rings is 3. The van der Waals surface area contributed by atoms with Gasteiger partial charge in [0.05, 0.1) is 12.7 Å². The zero-order valence-corrected chi connectivity index (χ0v) is 26.7. The van der Waals surface area contributed by atoms with Crippen molar-refractivity contribution in [3.8, 4) is 0 Å². The van der Waals surface area contributed by atoms with Crippen LogP contribution in [0.15, 0.2) is 81.6 Å². The van der Waals surface area contributed by atoms with Gasteiger partial charge in [0.1, 0.15) is 11.0 Å². The Hall–Kier alpha value is -4.07. The number of rotatable bonds is 10. The molecule has 9 heteroatoms. The van der Waals surface area contributed by atoms with Crippen molar-refractivity contribution in [3.63, 3.8) is 0 Å². The molecule has 3 aromatic carbocycles.